The number of hydrogen-bond acceptors (Lipinski definition) is 3. The van der Waals surface area contributed by atoms with E-state index in [1.165, 1.54) is 12.1 Å². The highest BCUT2D eigenvalue weighted by Gasteiger charge is 2.12. The molecule has 2 aromatic rings. The summed E-state index contributed by atoms with van der Waals surface area (Å²) in [6.45, 7) is 1.67. The van der Waals surface area contributed by atoms with Crippen molar-refractivity contribution in [2.24, 2.45) is 5.10 Å². The zero-order chi connectivity index (χ0) is 15.5. The SMILES string of the molecule is C/C(=N\NS(=O)(=O)c1ccccc1)c1ccc(Cl)c(Cl)c1. The van der Waals surface area contributed by atoms with Gasteiger partial charge in [-0.15, -0.1) is 0 Å². The predicted octanol–water partition coefficient (Wildman–Crippen LogP) is 3.70. The Hall–Kier alpha value is -1.56. The van der Waals surface area contributed by atoms with Crippen molar-refractivity contribution in [2.45, 2.75) is 11.8 Å². The van der Waals surface area contributed by atoms with Crippen molar-refractivity contribution >= 4 is 38.9 Å². The zero-order valence-electron chi connectivity index (χ0n) is 11.0. The molecule has 0 amide bonds. The number of halogens is 2. The van der Waals surface area contributed by atoms with E-state index in [1.807, 2.05) is 0 Å². The number of rotatable bonds is 4. The molecule has 0 radical (unpaired) electrons. The molecule has 1 N–H and O–H groups in total. The second-order valence-corrected chi connectivity index (χ2v) is 6.71. The van der Waals surface area contributed by atoms with Crippen molar-refractivity contribution in [1.82, 2.24) is 4.83 Å². The van der Waals surface area contributed by atoms with Crippen LogP contribution in [0.15, 0.2) is 58.5 Å². The van der Waals surface area contributed by atoms with E-state index in [-0.39, 0.29) is 4.90 Å². The number of benzene rings is 2. The highest BCUT2D eigenvalue weighted by Crippen LogP contribution is 2.22. The summed E-state index contributed by atoms with van der Waals surface area (Å²) in [5.74, 6) is 0. The van der Waals surface area contributed by atoms with Gasteiger partial charge in [0.1, 0.15) is 0 Å². The van der Waals surface area contributed by atoms with Crippen molar-refractivity contribution in [3.05, 3.63) is 64.1 Å². The molecule has 0 unspecified atom stereocenters. The second kappa shape index (κ2) is 6.47. The van der Waals surface area contributed by atoms with E-state index in [2.05, 4.69) is 9.93 Å². The van der Waals surface area contributed by atoms with Crippen LogP contribution in [0.4, 0.5) is 0 Å². The first-order chi connectivity index (χ1) is 9.90. The van der Waals surface area contributed by atoms with Gasteiger partial charge in [-0.3, -0.25) is 0 Å². The molecule has 0 bridgehead atoms. The van der Waals surface area contributed by atoms with Crippen molar-refractivity contribution < 1.29 is 8.42 Å². The quantitative estimate of drug-likeness (QED) is 0.680. The van der Waals surface area contributed by atoms with Gasteiger partial charge in [0.2, 0.25) is 0 Å². The van der Waals surface area contributed by atoms with Crippen LogP contribution < -0.4 is 4.83 Å². The Morgan fingerprint density at radius 1 is 1.05 bits per heavy atom. The average Bonchev–Trinajstić information content (AvgIpc) is 2.48. The third-order valence-corrected chi connectivity index (χ3v) is 4.69. The van der Waals surface area contributed by atoms with E-state index in [0.29, 0.717) is 21.3 Å². The number of hydrazone groups is 1. The Morgan fingerprint density at radius 3 is 2.33 bits per heavy atom. The molecule has 2 aromatic carbocycles. The van der Waals surface area contributed by atoms with Crippen molar-refractivity contribution in [3.63, 3.8) is 0 Å². The number of hydrogen-bond donors (Lipinski definition) is 1. The standard InChI is InChI=1S/C14H12Cl2N2O2S/c1-10(11-7-8-13(15)14(16)9-11)17-18-21(19,20)12-5-3-2-4-6-12/h2-9,18H,1H3/b17-10+. The number of nitrogens with zero attached hydrogens (tertiary/aromatic N) is 1. The van der Waals surface area contributed by atoms with Gasteiger partial charge in [-0.1, -0.05) is 47.5 Å². The minimum Gasteiger partial charge on any atom is -0.200 e. The highest BCUT2D eigenvalue weighted by molar-refractivity contribution is 7.89. The second-order valence-electron chi connectivity index (χ2n) is 4.23. The molecule has 2 rings (SSSR count). The molecule has 0 aliphatic carbocycles. The molecule has 0 atom stereocenters. The van der Waals surface area contributed by atoms with E-state index >= 15 is 0 Å². The molecule has 0 saturated carbocycles. The number of nitrogens with one attached hydrogen (secondary N) is 1. The van der Waals surface area contributed by atoms with Crippen LogP contribution in [0.5, 0.6) is 0 Å². The fourth-order valence-corrected chi connectivity index (χ4v) is 2.74. The van der Waals surface area contributed by atoms with Crippen LogP contribution in [0.3, 0.4) is 0 Å². The van der Waals surface area contributed by atoms with E-state index in [0.717, 1.165) is 0 Å². The molecule has 110 valence electrons. The fraction of sp³-hybridized carbons (Fsp3) is 0.0714. The summed E-state index contributed by atoms with van der Waals surface area (Å²) < 4.78 is 24.0. The van der Waals surface area contributed by atoms with Gasteiger partial charge in [-0.25, -0.2) is 0 Å². The lowest BCUT2D eigenvalue weighted by Gasteiger charge is -2.06. The molecular formula is C14H12Cl2N2O2S. The average molecular weight is 343 g/mol. The van der Waals surface area contributed by atoms with E-state index < -0.39 is 10.0 Å². The topological polar surface area (TPSA) is 58.5 Å². The molecule has 0 heterocycles. The van der Waals surface area contributed by atoms with Crippen LogP contribution in [-0.4, -0.2) is 14.1 Å². The van der Waals surface area contributed by atoms with Gasteiger partial charge >= 0.3 is 0 Å². The Kier molecular flexibility index (Phi) is 4.88. The highest BCUT2D eigenvalue weighted by atomic mass is 35.5. The molecule has 4 nitrogen and oxygen atoms in total. The number of sulfonamides is 1. The van der Waals surface area contributed by atoms with E-state index in [9.17, 15) is 8.42 Å². The van der Waals surface area contributed by atoms with Crippen LogP contribution in [0.2, 0.25) is 10.0 Å². The van der Waals surface area contributed by atoms with Crippen LogP contribution in [0.1, 0.15) is 12.5 Å². The van der Waals surface area contributed by atoms with Gasteiger partial charge in [0.05, 0.1) is 20.7 Å². The molecule has 0 aliphatic heterocycles. The van der Waals surface area contributed by atoms with Gasteiger partial charge in [-0.2, -0.15) is 18.4 Å². The smallest absolute Gasteiger partial charge is 0.200 e. The molecule has 0 spiro atoms. The summed E-state index contributed by atoms with van der Waals surface area (Å²) in [7, 11) is -3.68. The molecule has 0 fully saturated rings. The lowest BCUT2D eigenvalue weighted by molar-refractivity contribution is 0.584. The largest absolute Gasteiger partial charge is 0.276 e. The maximum atomic E-state index is 12.0. The maximum absolute atomic E-state index is 12.0. The van der Waals surface area contributed by atoms with E-state index in [1.54, 1.807) is 43.3 Å². The van der Waals surface area contributed by atoms with Crippen molar-refractivity contribution in [1.29, 1.82) is 0 Å². The molecule has 21 heavy (non-hydrogen) atoms. The molecule has 0 aliphatic rings. The van der Waals surface area contributed by atoms with Gasteiger partial charge in [0.25, 0.3) is 10.0 Å². The molecular weight excluding hydrogens is 331 g/mol. The summed E-state index contributed by atoms with van der Waals surface area (Å²) in [4.78, 5) is 2.34. The monoisotopic (exact) mass is 342 g/mol. The Bertz CT molecular complexity index is 775. The summed E-state index contributed by atoms with van der Waals surface area (Å²) >= 11 is 11.7. The molecule has 7 heteroatoms. The summed E-state index contributed by atoms with van der Waals surface area (Å²) in [5.41, 5.74) is 1.16. The van der Waals surface area contributed by atoms with Crippen LogP contribution in [0.25, 0.3) is 0 Å². The normalized spacial score (nSPS) is 12.2. The van der Waals surface area contributed by atoms with E-state index in [4.69, 9.17) is 23.2 Å². The molecule has 0 saturated heterocycles. The lowest BCUT2D eigenvalue weighted by atomic mass is 10.1. The third kappa shape index (κ3) is 3.97. The predicted molar refractivity (Wildman–Crippen MR) is 85.4 cm³/mol. The first-order valence-corrected chi connectivity index (χ1v) is 8.20. The first kappa shape index (κ1) is 15.8. The summed E-state index contributed by atoms with van der Waals surface area (Å²) in [6.07, 6.45) is 0. The Balaban J connectivity index is 2.22. The zero-order valence-corrected chi connectivity index (χ0v) is 13.4. The lowest BCUT2D eigenvalue weighted by Crippen LogP contribution is -2.19. The summed E-state index contributed by atoms with van der Waals surface area (Å²) in [6, 6.07) is 13.0. The van der Waals surface area contributed by atoms with Crippen LogP contribution in [0, 0.1) is 0 Å². The van der Waals surface area contributed by atoms with Crippen molar-refractivity contribution in [3.8, 4) is 0 Å². The van der Waals surface area contributed by atoms with Crippen LogP contribution in [-0.2, 0) is 10.0 Å². The maximum Gasteiger partial charge on any atom is 0.276 e. The Morgan fingerprint density at radius 2 is 1.71 bits per heavy atom. The summed E-state index contributed by atoms with van der Waals surface area (Å²) in [5, 5.41) is 4.70. The minimum atomic E-state index is -3.68. The van der Waals surface area contributed by atoms with Crippen LogP contribution >= 0.6 is 23.2 Å². The van der Waals surface area contributed by atoms with Gasteiger partial charge in [0, 0.05) is 0 Å². The third-order valence-electron chi connectivity index (χ3n) is 2.72. The van der Waals surface area contributed by atoms with Gasteiger partial charge in [-0.05, 0) is 36.8 Å². The van der Waals surface area contributed by atoms with Crippen molar-refractivity contribution in [2.75, 3.05) is 0 Å². The van der Waals surface area contributed by atoms with Gasteiger partial charge < -0.3 is 0 Å². The minimum absolute atomic E-state index is 0.149. The Labute approximate surface area is 133 Å². The fourth-order valence-electron chi connectivity index (χ4n) is 1.57. The first-order valence-electron chi connectivity index (χ1n) is 5.97. The van der Waals surface area contributed by atoms with Gasteiger partial charge in [0.15, 0.2) is 0 Å². The molecule has 0 aromatic heterocycles.